The highest BCUT2D eigenvalue weighted by atomic mass is 35.5. The predicted molar refractivity (Wildman–Crippen MR) is 73.5 cm³/mol. The highest BCUT2D eigenvalue weighted by molar-refractivity contribution is 6.28. The van der Waals surface area contributed by atoms with Crippen molar-refractivity contribution < 1.29 is 13.9 Å². The summed E-state index contributed by atoms with van der Waals surface area (Å²) in [6.45, 7) is 1.78. The molecule has 0 unspecified atom stereocenters. The zero-order valence-electron chi connectivity index (χ0n) is 11.3. The smallest absolute Gasteiger partial charge is 0.360 e. The van der Waals surface area contributed by atoms with Gasteiger partial charge >= 0.3 is 5.97 Å². The molecule has 1 heterocycles. The van der Waals surface area contributed by atoms with Gasteiger partial charge in [0.2, 0.25) is 5.28 Å². The van der Waals surface area contributed by atoms with Crippen LogP contribution in [0.2, 0.25) is 5.28 Å². The maximum atomic E-state index is 14.2. The van der Waals surface area contributed by atoms with E-state index in [9.17, 15) is 9.18 Å². The molecular weight excluding hydrogens is 285 g/mol. The SMILES string of the molecule is CCOC(=O)c1nc(Cl)nc(NC2CCCCC2)c1F. The van der Waals surface area contributed by atoms with E-state index in [4.69, 9.17) is 16.3 Å². The van der Waals surface area contributed by atoms with Gasteiger partial charge in [-0.15, -0.1) is 0 Å². The molecule has 0 spiro atoms. The molecule has 0 aliphatic heterocycles. The molecule has 1 aliphatic carbocycles. The molecule has 0 radical (unpaired) electrons. The van der Waals surface area contributed by atoms with Gasteiger partial charge in [0.1, 0.15) is 0 Å². The van der Waals surface area contributed by atoms with Crippen LogP contribution in [0.25, 0.3) is 0 Å². The van der Waals surface area contributed by atoms with Crippen molar-refractivity contribution in [3.05, 3.63) is 16.8 Å². The number of carbonyl (C=O) groups is 1. The Morgan fingerprint density at radius 1 is 1.40 bits per heavy atom. The summed E-state index contributed by atoms with van der Waals surface area (Å²) in [7, 11) is 0. The van der Waals surface area contributed by atoms with Crippen molar-refractivity contribution in [2.45, 2.75) is 45.1 Å². The van der Waals surface area contributed by atoms with Crippen LogP contribution >= 0.6 is 11.6 Å². The number of hydrogen-bond donors (Lipinski definition) is 1. The lowest BCUT2D eigenvalue weighted by molar-refractivity contribution is 0.0513. The minimum Gasteiger partial charge on any atom is -0.461 e. The van der Waals surface area contributed by atoms with E-state index < -0.39 is 17.5 Å². The third kappa shape index (κ3) is 3.56. The van der Waals surface area contributed by atoms with Gasteiger partial charge in [0, 0.05) is 6.04 Å². The van der Waals surface area contributed by atoms with Gasteiger partial charge in [-0.3, -0.25) is 0 Å². The molecule has 1 saturated carbocycles. The minimum absolute atomic E-state index is 0.0278. The zero-order chi connectivity index (χ0) is 14.5. The van der Waals surface area contributed by atoms with Crippen molar-refractivity contribution in [1.29, 1.82) is 0 Å². The van der Waals surface area contributed by atoms with Crippen molar-refractivity contribution in [3.8, 4) is 0 Å². The largest absolute Gasteiger partial charge is 0.461 e. The molecule has 1 N–H and O–H groups in total. The van der Waals surface area contributed by atoms with Gasteiger partial charge in [0.05, 0.1) is 6.61 Å². The zero-order valence-corrected chi connectivity index (χ0v) is 12.0. The van der Waals surface area contributed by atoms with Crippen LogP contribution in [0.4, 0.5) is 10.2 Å². The van der Waals surface area contributed by atoms with Gasteiger partial charge in [0.25, 0.3) is 0 Å². The second kappa shape index (κ2) is 6.83. The Labute approximate surface area is 121 Å². The number of nitrogens with one attached hydrogen (secondary N) is 1. The van der Waals surface area contributed by atoms with E-state index in [1.54, 1.807) is 6.92 Å². The van der Waals surface area contributed by atoms with E-state index in [1.807, 2.05) is 0 Å². The molecule has 0 amide bonds. The predicted octanol–water partition coefficient (Wildman–Crippen LogP) is 3.19. The Morgan fingerprint density at radius 2 is 2.10 bits per heavy atom. The van der Waals surface area contributed by atoms with E-state index in [0.717, 1.165) is 25.7 Å². The van der Waals surface area contributed by atoms with Crippen LogP contribution in [0.15, 0.2) is 0 Å². The first kappa shape index (κ1) is 15.0. The van der Waals surface area contributed by atoms with Gasteiger partial charge in [-0.2, -0.15) is 4.98 Å². The molecule has 0 aromatic carbocycles. The van der Waals surface area contributed by atoms with Gasteiger partial charge in [-0.05, 0) is 31.4 Å². The summed E-state index contributed by atoms with van der Waals surface area (Å²) in [5.74, 6) is -1.67. The molecule has 0 bridgehead atoms. The highest BCUT2D eigenvalue weighted by Crippen LogP contribution is 2.24. The fourth-order valence-corrected chi connectivity index (χ4v) is 2.46. The number of rotatable bonds is 4. The molecule has 110 valence electrons. The first-order valence-electron chi connectivity index (χ1n) is 6.78. The van der Waals surface area contributed by atoms with Crippen molar-refractivity contribution in [2.24, 2.45) is 0 Å². The standard InChI is InChI=1S/C13H17ClFN3O2/c1-2-20-12(19)10-9(15)11(18-13(14)17-10)16-8-6-4-3-5-7-8/h8H,2-7H2,1H3,(H,16,17,18). The third-order valence-corrected chi connectivity index (χ3v) is 3.41. The number of hydrogen-bond acceptors (Lipinski definition) is 5. The molecular formula is C13H17ClFN3O2. The van der Waals surface area contributed by atoms with Crippen molar-refractivity contribution in [1.82, 2.24) is 9.97 Å². The Hall–Kier alpha value is -1.43. The number of anilines is 1. The number of carbonyl (C=O) groups excluding carboxylic acids is 1. The average Bonchev–Trinajstić information content (AvgIpc) is 2.44. The lowest BCUT2D eigenvalue weighted by Crippen LogP contribution is -2.24. The Kier molecular flexibility index (Phi) is 5.11. The number of esters is 1. The highest BCUT2D eigenvalue weighted by Gasteiger charge is 2.23. The Balaban J connectivity index is 2.21. The molecule has 1 aliphatic rings. The normalized spacial score (nSPS) is 15.9. The summed E-state index contributed by atoms with van der Waals surface area (Å²) in [5.41, 5.74) is -0.426. The topological polar surface area (TPSA) is 64.1 Å². The minimum atomic E-state index is -0.832. The van der Waals surface area contributed by atoms with E-state index in [1.165, 1.54) is 6.42 Å². The van der Waals surface area contributed by atoms with Crippen LogP contribution in [-0.2, 0) is 4.74 Å². The maximum absolute atomic E-state index is 14.2. The quantitative estimate of drug-likeness (QED) is 0.683. The van der Waals surface area contributed by atoms with Crippen LogP contribution in [-0.4, -0.2) is 28.6 Å². The van der Waals surface area contributed by atoms with Gasteiger partial charge in [-0.25, -0.2) is 14.2 Å². The second-order valence-corrected chi connectivity index (χ2v) is 5.04. The maximum Gasteiger partial charge on any atom is 0.360 e. The van der Waals surface area contributed by atoms with Gasteiger partial charge in [0.15, 0.2) is 17.3 Å². The van der Waals surface area contributed by atoms with Crippen LogP contribution in [0.1, 0.15) is 49.5 Å². The van der Waals surface area contributed by atoms with Crippen LogP contribution < -0.4 is 5.32 Å². The lowest BCUT2D eigenvalue weighted by atomic mass is 9.95. The number of ether oxygens (including phenoxy) is 1. The second-order valence-electron chi connectivity index (χ2n) is 4.70. The van der Waals surface area contributed by atoms with Crippen LogP contribution in [0.3, 0.4) is 0 Å². The van der Waals surface area contributed by atoms with Crippen LogP contribution in [0.5, 0.6) is 0 Å². The van der Waals surface area contributed by atoms with Gasteiger partial charge in [-0.1, -0.05) is 19.3 Å². The lowest BCUT2D eigenvalue weighted by Gasteiger charge is -2.23. The summed E-state index contributed by atoms with van der Waals surface area (Å²) >= 11 is 5.75. The molecule has 2 rings (SSSR count). The summed E-state index contributed by atoms with van der Waals surface area (Å²) in [5, 5.41) is 2.84. The van der Waals surface area contributed by atoms with Crippen molar-refractivity contribution >= 4 is 23.4 Å². The summed E-state index contributed by atoms with van der Waals surface area (Å²) in [6.07, 6.45) is 5.30. The summed E-state index contributed by atoms with van der Waals surface area (Å²) in [4.78, 5) is 19.1. The monoisotopic (exact) mass is 301 g/mol. The Bertz CT molecular complexity index is 493. The molecule has 1 aromatic heterocycles. The number of aromatic nitrogens is 2. The first-order valence-corrected chi connectivity index (χ1v) is 7.16. The van der Waals surface area contributed by atoms with Crippen molar-refractivity contribution in [2.75, 3.05) is 11.9 Å². The summed E-state index contributed by atoms with van der Waals surface area (Å²) in [6, 6.07) is 0.152. The molecule has 5 nitrogen and oxygen atoms in total. The van der Waals surface area contributed by atoms with E-state index in [2.05, 4.69) is 15.3 Å². The molecule has 7 heteroatoms. The number of halogens is 2. The van der Waals surface area contributed by atoms with E-state index in [-0.39, 0.29) is 23.8 Å². The van der Waals surface area contributed by atoms with Crippen LogP contribution in [0, 0.1) is 5.82 Å². The fourth-order valence-electron chi connectivity index (χ4n) is 2.29. The molecule has 20 heavy (non-hydrogen) atoms. The molecule has 1 aromatic rings. The number of nitrogens with zero attached hydrogens (tertiary/aromatic N) is 2. The first-order chi connectivity index (χ1) is 9.61. The summed E-state index contributed by atoms with van der Waals surface area (Å²) < 4.78 is 19.0. The molecule has 0 saturated heterocycles. The third-order valence-electron chi connectivity index (χ3n) is 3.24. The van der Waals surface area contributed by atoms with Crippen molar-refractivity contribution in [3.63, 3.8) is 0 Å². The molecule has 1 fully saturated rings. The van der Waals surface area contributed by atoms with Gasteiger partial charge < -0.3 is 10.1 Å². The van der Waals surface area contributed by atoms with E-state index >= 15 is 0 Å². The Morgan fingerprint density at radius 3 is 2.75 bits per heavy atom. The van der Waals surface area contributed by atoms with E-state index in [0.29, 0.717) is 0 Å². The average molecular weight is 302 g/mol. The molecule has 0 atom stereocenters. The fraction of sp³-hybridized carbons (Fsp3) is 0.615.